The number of nitrogens with zero attached hydrogens (tertiary/aromatic N) is 3. The van der Waals surface area contributed by atoms with Gasteiger partial charge in [-0.15, -0.1) is 0 Å². The van der Waals surface area contributed by atoms with E-state index in [-0.39, 0.29) is 11.8 Å². The fraction of sp³-hybridized carbons (Fsp3) is 0.529. The first-order valence-corrected chi connectivity index (χ1v) is 8.29. The normalized spacial score (nSPS) is 15.1. The minimum Gasteiger partial charge on any atom is -0.369 e. The van der Waals surface area contributed by atoms with Crippen molar-refractivity contribution < 1.29 is 14.4 Å². The fourth-order valence-electron chi connectivity index (χ4n) is 2.85. The molecule has 0 aromatic carbocycles. The van der Waals surface area contributed by atoms with E-state index in [0.29, 0.717) is 45.4 Å². The Hall–Kier alpha value is -2.44. The summed E-state index contributed by atoms with van der Waals surface area (Å²) in [4.78, 5) is 43.1. The van der Waals surface area contributed by atoms with E-state index in [4.69, 9.17) is 5.73 Å². The van der Waals surface area contributed by atoms with E-state index >= 15 is 0 Å². The molecule has 1 aliphatic rings. The monoisotopic (exact) mass is 332 g/mol. The summed E-state index contributed by atoms with van der Waals surface area (Å²) in [5.74, 6) is -1.50. The first-order valence-electron chi connectivity index (χ1n) is 8.29. The van der Waals surface area contributed by atoms with Gasteiger partial charge in [0.25, 0.3) is 0 Å². The summed E-state index contributed by atoms with van der Waals surface area (Å²) >= 11 is 0. The first-order chi connectivity index (χ1) is 11.5. The van der Waals surface area contributed by atoms with Gasteiger partial charge in [0.2, 0.25) is 5.91 Å². The molecule has 2 heterocycles. The van der Waals surface area contributed by atoms with Crippen LogP contribution in [0.5, 0.6) is 0 Å². The molecule has 0 saturated carbocycles. The van der Waals surface area contributed by atoms with Gasteiger partial charge in [-0.3, -0.25) is 19.4 Å². The summed E-state index contributed by atoms with van der Waals surface area (Å²) in [5.41, 5.74) is 6.37. The number of nitrogens with two attached hydrogens (primary N) is 1. The Morgan fingerprint density at radius 1 is 1.25 bits per heavy atom. The van der Waals surface area contributed by atoms with Crippen LogP contribution in [0.2, 0.25) is 0 Å². The number of pyridine rings is 1. The maximum Gasteiger partial charge on any atom is 0.312 e. The molecule has 0 bridgehead atoms. The van der Waals surface area contributed by atoms with Crippen LogP contribution in [0.1, 0.15) is 25.3 Å². The highest BCUT2D eigenvalue weighted by Gasteiger charge is 2.31. The van der Waals surface area contributed by atoms with Gasteiger partial charge < -0.3 is 15.5 Å². The van der Waals surface area contributed by atoms with E-state index in [2.05, 4.69) is 4.98 Å². The van der Waals surface area contributed by atoms with Crippen LogP contribution >= 0.6 is 0 Å². The molecule has 7 heteroatoms. The van der Waals surface area contributed by atoms with Gasteiger partial charge in [-0.05, 0) is 43.9 Å². The molecule has 1 aromatic rings. The lowest BCUT2D eigenvalue weighted by Gasteiger charge is -2.31. The average Bonchev–Trinajstić information content (AvgIpc) is 2.62. The number of amides is 3. The lowest BCUT2D eigenvalue weighted by atomic mass is 9.96. The van der Waals surface area contributed by atoms with Gasteiger partial charge in [-0.2, -0.15) is 0 Å². The van der Waals surface area contributed by atoms with Crippen LogP contribution in [0.15, 0.2) is 24.5 Å². The van der Waals surface area contributed by atoms with E-state index in [1.165, 1.54) is 4.90 Å². The van der Waals surface area contributed by atoms with Gasteiger partial charge in [0, 0.05) is 44.5 Å². The number of hydrogen-bond donors (Lipinski definition) is 1. The number of hydrogen-bond acceptors (Lipinski definition) is 4. The van der Waals surface area contributed by atoms with Crippen molar-refractivity contribution >= 4 is 17.7 Å². The Labute approximate surface area is 141 Å². The maximum absolute atomic E-state index is 12.4. The van der Waals surface area contributed by atoms with Crippen LogP contribution in [0.4, 0.5) is 0 Å². The predicted octanol–water partition coefficient (Wildman–Crippen LogP) is 0.197. The van der Waals surface area contributed by atoms with Gasteiger partial charge in [-0.25, -0.2) is 0 Å². The van der Waals surface area contributed by atoms with E-state index in [1.54, 1.807) is 17.3 Å². The largest absolute Gasteiger partial charge is 0.369 e. The zero-order chi connectivity index (χ0) is 17.5. The number of piperidine rings is 1. The topological polar surface area (TPSA) is 96.6 Å². The molecule has 0 spiro atoms. The molecule has 1 aliphatic heterocycles. The Kier molecular flexibility index (Phi) is 6.28. The van der Waals surface area contributed by atoms with Gasteiger partial charge in [0.1, 0.15) is 0 Å². The third kappa shape index (κ3) is 4.53. The summed E-state index contributed by atoms with van der Waals surface area (Å²) in [6.45, 7) is 3.63. The molecule has 1 saturated heterocycles. The number of aromatic nitrogens is 1. The maximum atomic E-state index is 12.4. The van der Waals surface area contributed by atoms with Crippen LogP contribution in [0, 0.1) is 5.92 Å². The molecule has 1 fully saturated rings. The SMILES string of the molecule is CCN(CCc1ccncc1)C(=O)C(=O)N1CCC(C(N)=O)CC1. The Balaban J connectivity index is 1.88. The van der Waals surface area contributed by atoms with Crippen molar-refractivity contribution in [3.63, 3.8) is 0 Å². The zero-order valence-corrected chi connectivity index (χ0v) is 14.0. The second-order valence-electron chi connectivity index (χ2n) is 5.96. The molecule has 7 nitrogen and oxygen atoms in total. The lowest BCUT2D eigenvalue weighted by Crippen LogP contribution is -2.49. The third-order valence-corrected chi connectivity index (χ3v) is 4.46. The van der Waals surface area contributed by atoms with Crippen molar-refractivity contribution in [1.29, 1.82) is 0 Å². The second-order valence-corrected chi connectivity index (χ2v) is 5.96. The fourth-order valence-corrected chi connectivity index (χ4v) is 2.85. The van der Waals surface area contributed by atoms with Crippen LogP contribution in [-0.4, -0.2) is 58.7 Å². The molecular weight excluding hydrogens is 308 g/mol. The molecule has 0 atom stereocenters. The number of likely N-dealkylation sites (tertiary alicyclic amines) is 1. The summed E-state index contributed by atoms with van der Waals surface area (Å²) in [7, 11) is 0. The highest BCUT2D eigenvalue weighted by molar-refractivity contribution is 6.34. The summed E-state index contributed by atoms with van der Waals surface area (Å²) in [6, 6.07) is 3.80. The third-order valence-electron chi connectivity index (χ3n) is 4.46. The minimum atomic E-state index is -0.491. The average molecular weight is 332 g/mol. The molecule has 0 unspecified atom stereocenters. The predicted molar refractivity (Wildman–Crippen MR) is 88.7 cm³/mol. The molecule has 24 heavy (non-hydrogen) atoms. The van der Waals surface area contributed by atoms with E-state index in [0.717, 1.165) is 5.56 Å². The van der Waals surface area contributed by atoms with Crippen molar-refractivity contribution in [3.8, 4) is 0 Å². The zero-order valence-electron chi connectivity index (χ0n) is 14.0. The van der Waals surface area contributed by atoms with Crippen LogP contribution in [-0.2, 0) is 20.8 Å². The number of primary amides is 1. The van der Waals surface area contributed by atoms with Gasteiger partial charge in [0.15, 0.2) is 0 Å². The second kappa shape index (κ2) is 8.42. The molecular formula is C17H24N4O3. The van der Waals surface area contributed by atoms with Crippen LogP contribution in [0.25, 0.3) is 0 Å². The van der Waals surface area contributed by atoms with E-state index in [9.17, 15) is 14.4 Å². The standard InChI is InChI=1S/C17H24N4O3/c1-2-20(10-5-13-3-8-19-9-4-13)16(23)17(24)21-11-6-14(7-12-21)15(18)22/h3-4,8-9,14H,2,5-7,10-12H2,1H3,(H2,18,22). The van der Waals surface area contributed by atoms with Gasteiger partial charge >= 0.3 is 11.8 Å². The lowest BCUT2D eigenvalue weighted by molar-refractivity contribution is -0.152. The molecule has 2 rings (SSSR count). The molecule has 0 aliphatic carbocycles. The molecule has 1 aromatic heterocycles. The van der Waals surface area contributed by atoms with Crippen LogP contribution in [0.3, 0.4) is 0 Å². The highest BCUT2D eigenvalue weighted by atomic mass is 16.2. The number of carbonyl (C=O) groups excluding carboxylic acids is 3. The van der Waals surface area contributed by atoms with E-state index < -0.39 is 11.8 Å². The van der Waals surface area contributed by atoms with E-state index in [1.807, 2.05) is 19.1 Å². The van der Waals surface area contributed by atoms with Gasteiger partial charge in [0.05, 0.1) is 0 Å². The summed E-state index contributed by atoms with van der Waals surface area (Å²) < 4.78 is 0. The number of carbonyl (C=O) groups is 3. The Morgan fingerprint density at radius 2 is 1.88 bits per heavy atom. The summed E-state index contributed by atoms with van der Waals surface area (Å²) in [5, 5.41) is 0. The molecule has 0 radical (unpaired) electrons. The quantitative estimate of drug-likeness (QED) is 0.779. The number of likely N-dealkylation sites (N-methyl/N-ethyl adjacent to an activating group) is 1. The smallest absolute Gasteiger partial charge is 0.312 e. The minimum absolute atomic E-state index is 0.196. The molecule has 130 valence electrons. The van der Waals surface area contributed by atoms with Crippen molar-refractivity contribution in [3.05, 3.63) is 30.1 Å². The Morgan fingerprint density at radius 3 is 2.42 bits per heavy atom. The van der Waals surface area contributed by atoms with Crippen molar-refractivity contribution in [2.75, 3.05) is 26.2 Å². The summed E-state index contributed by atoms with van der Waals surface area (Å²) in [6.07, 6.45) is 5.15. The van der Waals surface area contributed by atoms with Crippen LogP contribution < -0.4 is 5.73 Å². The van der Waals surface area contributed by atoms with Crippen molar-refractivity contribution in [2.45, 2.75) is 26.2 Å². The first kappa shape index (κ1) is 17.9. The van der Waals surface area contributed by atoms with Crippen molar-refractivity contribution in [1.82, 2.24) is 14.8 Å². The Bertz CT molecular complexity index is 583. The van der Waals surface area contributed by atoms with Crippen molar-refractivity contribution in [2.24, 2.45) is 11.7 Å². The highest BCUT2D eigenvalue weighted by Crippen LogP contribution is 2.17. The van der Waals surface area contributed by atoms with Gasteiger partial charge in [-0.1, -0.05) is 0 Å². The molecule has 2 N–H and O–H groups in total. The number of rotatable bonds is 5. The molecule has 3 amide bonds.